The van der Waals surface area contributed by atoms with Crippen LogP contribution in [0.4, 0.5) is 5.69 Å². The van der Waals surface area contributed by atoms with Crippen LogP contribution in [0.2, 0.25) is 5.02 Å². The lowest BCUT2D eigenvalue weighted by Gasteiger charge is -2.11. The lowest BCUT2D eigenvalue weighted by molar-refractivity contribution is -0.118. The van der Waals surface area contributed by atoms with Gasteiger partial charge in [-0.3, -0.25) is 4.79 Å². The van der Waals surface area contributed by atoms with Gasteiger partial charge in [0.15, 0.2) is 6.61 Å². The minimum Gasteiger partial charge on any atom is -0.484 e. The smallest absolute Gasteiger partial charge is 0.262 e. The van der Waals surface area contributed by atoms with Gasteiger partial charge in [0.1, 0.15) is 17.2 Å². The zero-order chi connectivity index (χ0) is 20.6. The molecular weight excluding hydrogens is 386 g/mol. The molecule has 4 nitrogen and oxygen atoms in total. The average molecular weight is 410 g/mol. The van der Waals surface area contributed by atoms with Crippen LogP contribution in [0.15, 0.2) is 72.8 Å². The highest BCUT2D eigenvalue weighted by molar-refractivity contribution is 6.30. The Morgan fingerprint density at radius 1 is 0.897 bits per heavy atom. The Bertz CT molecular complexity index is 922. The second kappa shape index (κ2) is 9.99. The second-order valence-electron chi connectivity index (χ2n) is 6.80. The first-order chi connectivity index (χ1) is 14.0. The van der Waals surface area contributed by atoms with Gasteiger partial charge in [0, 0.05) is 10.7 Å². The molecule has 0 spiro atoms. The summed E-state index contributed by atoms with van der Waals surface area (Å²) < 4.78 is 11.3. The predicted octanol–water partition coefficient (Wildman–Crippen LogP) is 6.66. The van der Waals surface area contributed by atoms with Gasteiger partial charge in [0.05, 0.1) is 0 Å². The van der Waals surface area contributed by atoms with E-state index in [2.05, 4.69) is 19.2 Å². The molecule has 0 aliphatic heterocycles. The summed E-state index contributed by atoms with van der Waals surface area (Å²) in [7, 11) is 0. The van der Waals surface area contributed by atoms with Gasteiger partial charge in [0.2, 0.25) is 0 Å². The lowest BCUT2D eigenvalue weighted by atomic mass is 9.99. The molecule has 0 heterocycles. The molecule has 1 unspecified atom stereocenters. The summed E-state index contributed by atoms with van der Waals surface area (Å²) >= 11 is 5.87. The normalized spacial score (nSPS) is 11.6. The Balaban J connectivity index is 1.48. The van der Waals surface area contributed by atoms with Crippen molar-refractivity contribution in [3.05, 3.63) is 83.4 Å². The van der Waals surface area contributed by atoms with E-state index in [1.54, 1.807) is 48.5 Å². The molecule has 0 radical (unpaired) electrons. The number of nitrogens with one attached hydrogen (secondary N) is 1. The van der Waals surface area contributed by atoms with E-state index in [1.807, 2.05) is 24.3 Å². The average Bonchev–Trinajstić information content (AvgIpc) is 2.75. The van der Waals surface area contributed by atoms with Crippen molar-refractivity contribution in [3.8, 4) is 17.2 Å². The highest BCUT2D eigenvalue weighted by Gasteiger charge is 2.06. The number of ether oxygens (including phenoxy) is 2. The standard InChI is InChI=1S/C24H24ClNO3/c1-3-17(2)18-4-10-21(11-5-18)28-16-24(27)26-20-8-14-23(15-9-20)29-22-12-6-19(25)7-13-22/h4-15,17H,3,16H2,1-2H3,(H,26,27). The summed E-state index contributed by atoms with van der Waals surface area (Å²) in [5.74, 6) is 2.34. The highest BCUT2D eigenvalue weighted by atomic mass is 35.5. The number of rotatable bonds is 8. The highest BCUT2D eigenvalue weighted by Crippen LogP contribution is 2.24. The first-order valence-electron chi connectivity index (χ1n) is 9.59. The van der Waals surface area contributed by atoms with E-state index >= 15 is 0 Å². The van der Waals surface area contributed by atoms with E-state index in [0.717, 1.165) is 6.42 Å². The number of hydrogen-bond acceptors (Lipinski definition) is 3. The predicted molar refractivity (Wildman–Crippen MR) is 117 cm³/mol. The Morgan fingerprint density at radius 3 is 2.03 bits per heavy atom. The van der Waals surface area contributed by atoms with Gasteiger partial charge in [0.25, 0.3) is 5.91 Å². The summed E-state index contributed by atoms with van der Waals surface area (Å²) in [5.41, 5.74) is 1.94. The van der Waals surface area contributed by atoms with Crippen LogP contribution in [0.5, 0.6) is 17.2 Å². The molecule has 0 fully saturated rings. The van der Waals surface area contributed by atoms with Gasteiger partial charge in [-0.1, -0.05) is 37.6 Å². The van der Waals surface area contributed by atoms with Crippen LogP contribution in [0.3, 0.4) is 0 Å². The van der Waals surface area contributed by atoms with Crippen molar-refractivity contribution in [2.24, 2.45) is 0 Å². The third-order valence-corrected chi connectivity index (χ3v) is 4.87. The quantitative estimate of drug-likeness (QED) is 0.452. The Morgan fingerprint density at radius 2 is 1.45 bits per heavy atom. The molecule has 5 heteroatoms. The summed E-state index contributed by atoms with van der Waals surface area (Å²) in [6, 6.07) is 22.2. The Labute approximate surface area is 176 Å². The number of benzene rings is 3. The van der Waals surface area contributed by atoms with Crippen LogP contribution in [-0.4, -0.2) is 12.5 Å². The van der Waals surface area contributed by atoms with Crippen LogP contribution in [0, 0.1) is 0 Å². The van der Waals surface area contributed by atoms with Gasteiger partial charge in [-0.25, -0.2) is 0 Å². The third-order valence-electron chi connectivity index (χ3n) is 4.62. The Kier molecular flexibility index (Phi) is 7.14. The van der Waals surface area contributed by atoms with Gasteiger partial charge >= 0.3 is 0 Å². The van der Waals surface area contributed by atoms with Crippen molar-refractivity contribution >= 4 is 23.2 Å². The second-order valence-corrected chi connectivity index (χ2v) is 7.23. The SMILES string of the molecule is CCC(C)c1ccc(OCC(=O)Nc2ccc(Oc3ccc(Cl)cc3)cc2)cc1. The van der Waals surface area contributed by atoms with Crippen molar-refractivity contribution < 1.29 is 14.3 Å². The van der Waals surface area contributed by atoms with E-state index in [9.17, 15) is 4.79 Å². The lowest BCUT2D eigenvalue weighted by Crippen LogP contribution is -2.20. The summed E-state index contributed by atoms with van der Waals surface area (Å²) in [4.78, 5) is 12.1. The number of hydrogen-bond donors (Lipinski definition) is 1. The van der Waals surface area contributed by atoms with Crippen molar-refractivity contribution in [2.75, 3.05) is 11.9 Å². The van der Waals surface area contributed by atoms with Gasteiger partial charge in [-0.2, -0.15) is 0 Å². The zero-order valence-electron chi connectivity index (χ0n) is 16.5. The fraction of sp³-hybridized carbons (Fsp3) is 0.208. The zero-order valence-corrected chi connectivity index (χ0v) is 17.3. The first kappa shape index (κ1) is 20.7. The molecule has 0 saturated heterocycles. The summed E-state index contributed by atoms with van der Waals surface area (Å²) in [5, 5.41) is 3.47. The number of amides is 1. The first-order valence-corrected chi connectivity index (χ1v) is 9.97. The van der Waals surface area contributed by atoms with Crippen LogP contribution >= 0.6 is 11.6 Å². The molecule has 0 aliphatic rings. The van der Waals surface area contributed by atoms with Crippen LogP contribution < -0.4 is 14.8 Å². The molecule has 29 heavy (non-hydrogen) atoms. The van der Waals surface area contributed by atoms with Gasteiger partial charge < -0.3 is 14.8 Å². The number of carbonyl (C=O) groups is 1. The number of carbonyl (C=O) groups excluding carboxylic acids is 1. The topological polar surface area (TPSA) is 47.6 Å². The molecule has 0 bridgehead atoms. The van der Waals surface area contributed by atoms with Gasteiger partial charge in [-0.15, -0.1) is 0 Å². The fourth-order valence-corrected chi connectivity index (χ4v) is 2.85. The van der Waals surface area contributed by atoms with Gasteiger partial charge in [-0.05, 0) is 78.6 Å². The Hall–Kier alpha value is -2.98. The molecule has 150 valence electrons. The molecule has 0 saturated carbocycles. The molecule has 1 N–H and O–H groups in total. The van der Waals surface area contributed by atoms with E-state index in [4.69, 9.17) is 21.1 Å². The summed E-state index contributed by atoms with van der Waals surface area (Å²) in [6.07, 6.45) is 1.09. The maximum absolute atomic E-state index is 12.1. The molecule has 3 aromatic rings. The largest absolute Gasteiger partial charge is 0.484 e. The summed E-state index contributed by atoms with van der Waals surface area (Å²) in [6.45, 7) is 4.30. The molecular formula is C24H24ClNO3. The van der Waals surface area contributed by atoms with E-state index < -0.39 is 0 Å². The van der Waals surface area contributed by atoms with E-state index in [-0.39, 0.29) is 12.5 Å². The maximum atomic E-state index is 12.1. The molecule has 1 atom stereocenters. The number of anilines is 1. The van der Waals surface area contributed by atoms with E-state index in [1.165, 1.54) is 5.56 Å². The van der Waals surface area contributed by atoms with Crippen molar-refractivity contribution in [1.82, 2.24) is 0 Å². The van der Waals surface area contributed by atoms with Crippen molar-refractivity contribution in [2.45, 2.75) is 26.2 Å². The monoisotopic (exact) mass is 409 g/mol. The van der Waals surface area contributed by atoms with Crippen LogP contribution in [0.25, 0.3) is 0 Å². The fourth-order valence-electron chi connectivity index (χ4n) is 2.72. The van der Waals surface area contributed by atoms with Crippen molar-refractivity contribution in [3.63, 3.8) is 0 Å². The number of halogens is 1. The van der Waals surface area contributed by atoms with Crippen LogP contribution in [-0.2, 0) is 4.79 Å². The van der Waals surface area contributed by atoms with E-state index in [0.29, 0.717) is 33.9 Å². The molecule has 0 aromatic heterocycles. The maximum Gasteiger partial charge on any atom is 0.262 e. The minimum absolute atomic E-state index is 0.0499. The minimum atomic E-state index is -0.220. The molecule has 3 rings (SSSR count). The molecule has 3 aromatic carbocycles. The molecule has 0 aliphatic carbocycles. The van der Waals surface area contributed by atoms with Crippen LogP contribution in [0.1, 0.15) is 31.7 Å². The molecule has 1 amide bonds. The van der Waals surface area contributed by atoms with Crippen molar-refractivity contribution in [1.29, 1.82) is 0 Å². The third kappa shape index (κ3) is 6.26.